The maximum atomic E-state index is 6.84. The molecule has 0 spiro atoms. The zero-order valence-corrected chi connectivity index (χ0v) is 34.1. The van der Waals surface area contributed by atoms with Gasteiger partial charge in [0.15, 0.2) is 11.6 Å². The van der Waals surface area contributed by atoms with E-state index in [-0.39, 0.29) is 0 Å². The van der Waals surface area contributed by atoms with Crippen molar-refractivity contribution in [2.75, 3.05) is 0 Å². The molecular formula is C56H38N4O2. The van der Waals surface area contributed by atoms with Gasteiger partial charge >= 0.3 is 0 Å². The second kappa shape index (κ2) is 14.3. The molecule has 0 bridgehead atoms. The fourth-order valence-electron chi connectivity index (χ4n) is 9.22. The average Bonchev–Trinajstić information content (AvgIpc) is 4.02. The van der Waals surface area contributed by atoms with Crippen molar-refractivity contribution in [1.29, 1.82) is 0 Å². The quantitative estimate of drug-likeness (QED) is 0.177. The molecule has 4 aromatic heterocycles. The van der Waals surface area contributed by atoms with Gasteiger partial charge in [-0.05, 0) is 51.9 Å². The second-order valence-electron chi connectivity index (χ2n) is 15.8. The molecule has 13 rings (SSSR count). The fraction of sp³-hybridized carbons (Fsp3) is 0.0536. The molecule has 62 heavy (non-hydrogen) atoms. The Kier molecular flexibility index (Phi) is 8.25. The van der Waals surface area contributed by atoms with Gasteiger partial charge in [-0.25, -0.2) is 4.98 Å². The Labute approximate surface area is 356 Å². The van der Waals surface area contributed by atoms with Gasteiger partial charge in [-0.3, -0.25) is 4.57 Å². The first kappa shape index (κ1) is 35.8. The summed E-state index contributed by atoms with van der Waals surface area (Å²) in [4.78, 5) is 15.8. The van der Waals surface area contributed by atoms with Crippen molar-refractivity contribution in [3.05, 3.63) is 182 Å². The molecule has 9 aromatic carbocycles. The van der Waals surface area contributed by atoms with Crippen LogP contribution in [-0.4, -0.2) is 19.5 Å². The summed E-state index contributed by atoms with van der Waals surface area (Å²) in [6.07, 6.45) is 1.25. The van der Waals surface area contributed by atoms with E-state index < -0.39 is 0 Å². The normalized spacial score (nSPS) is 11.8. The SMILES string of the molecule is CCC.c1ccc(-c2nc(-c3ccc4c(c3)oc3ccccc34)nc(-n3c4ccc5ccccc5c4c4cccc(-c5cccc6c5oc5ccc7ccccc7c56)c43)n2)cc1. The summed E-state index contributed by atoms with van der Waals surface area (Å²) < 4.78 is 15.4. The first-order valence-corrected chi connectivity index (χ1v) is 21.2. The van der Waals surface area contributed by atoms with Crippen molar-refractivity contribution in [2.24, 2.45) is 0 Å². The first-order chi connectivity index (χ1) is 30.7. The van der Waals surface area contributed by atoms with Gasteiger partial charge < -0.3 is 8.83 Å². The van der Waals surface area contributed by atoms with Crippen molar-refractivity contribution in [3.63, 3.8) is 0 Å². The lowest BCUT2D eigenvalue weighted by atomic mass is 9.97. The third-order valence-electron chi connectivity index (χ3n) is 11.8. The molecule has 0 radical (unpaired) electrons. The first-order valence-electron chi connectivity index (χ1n) is 21.2. The van der Waals surface area contributed by atoms with Gasteiger partial charge in [0.2, 0.25) is 5.95 Å². The lowest BCUT2D eigenvalue weighted by molar-refractivity contribution is 0.669. The molecule has 294 valence electrons. The van der Waals surface area contributed by atoms with E-state index in [1.165, 1.54) is 17.2 Å². The molecule has 0 aliphatic carbocycles. The van der Waals surface area contributed by atoms with E-state index in [1.807, 2.05) is 54.6 Å². The topological polar surface area (TPSA) is 69.9 Å². The Morgan fingerprint density at radius 1 is 0.419 bits per heavy atom. The predicted octanol–water partition coefficient (Wildman–Crippen LogP) is 15.5. The second-order valence-corrected chi connectivity index (χ2v) is 15.8. The molecule has 0 amide bonds. The van der Waals surface area contributed by atoms with Crippen LogP contribution in [0.25, 0.3) is 127 Å². The maximum Gasteiger partial charge on any atom is 0.238 e. The van der Waals surface area contributed by atoms with Crippen molar-refractivity contribution >= 4 is 87.2 Å². The van der Waals surface area contributed by atoms with Crippen LogP contribution < -0.4 is 0 Å². The van der Waals surface area contributed by atoms with Crippen LogP contribution in [0.15, 0.2) is 191 Å². The Balaban J connectivity index is 0.00000133. The van der Waals surface area contributed by atoms with E-state index >= 15 is 0 Å². The van der Waals surface area contributed by atoms with Gasteiger partial charge in [-0.1, -0.05) is 172 Å². The van der Waals surface area contributed by atoms with Crippen LogP contribution in [0.5, 0.6) is 0 Å². The summed E-state index contributed by atoms with van der Waals surface area (Å²) in [5.74, 6) is 1.65. The van der Waals surface area contributed by atoms with Gasteiger partial charge in [0.05, 0.1) is 11.0 Å². The lowest BCUT2D eigenvalue weighted by Crippen LogP contribution is -2.07. The van der Waals surface area contributed by atoms with E-state index in [9.17, 15) is 0 Å². The van der Waals surface area contributed by atoms with Crippen LogP contribution in [0.1, 0.15) is 20.3 Å². The van der Waals surface area contributed by atoms with Crippen LogP contribution in [-0.2, 0) is 0 Å². The van der Waals surface area contributed by atoms with Crippen LogP contribution in [0.2, 0.25) is 0 Å². The van der Waals surface area contributed by atoms with Crippen LogP contribution >= 0.6 is 0 Å². The minimum absolute atomic E-state index is 0.518. The van der Waals surface area contributed by atoms with Crippen molar-refractivity contribution in [2.45, 2.75) is 20.3 Å². The van der Waals surface area contributed by atoms with Crippen molar-refractivity contribution < 1.29 is 8.83 Å². The number of para-hydroxylation sites is 3. The smallest absolute Gasteiger partial charge is 0.238 e. The number of aromatic nitrogens is 4. The number of hydrogen-bond acceptors (Lipinski definition) is 5. The molecular weight excluding hydrogens is 761 g/mol. The van der Waals surface area contributed by atoms with Crippen molar-refractivity contribution in [1.82, 2.24) is 19.5 Å². The molecule has 0 saturated carbocycles. The number of fused-ring (bicyclic) bond motifs is 13. The summed E-state index contributed by atoms with van der Waals surface area (Å²) in [5.41, 5.74) is 9.06. The lowest BCUT2D eigenvalue weighted by Gasteiger charge is -2.13. The van der Waals surface area contributed by atoms with Gasteiger partial charge in [-0.2, -0.15) is 9.97 Å². The summed E-state index contributed by atoms with van der Waals surface area (Å²) in [6, 6.07) is 63.2. The highest BCUT2D eigenvalue weighted by atomic mass is 16.3. The highest BCUT2D eigenvalue weighted by Crippen LogP contribution is 2.45. The molecule has 0 fully saturated rings. The summed E-state index contributed by atoms with van der Waals surface area (Å²) >= 11 is 0. The maximum absolute atomic E-state index is 6.84. The average molecular weight is 799 g/mol. The molecule has 6 nitrogen and oxygen atoms in total. The standard InChI is InChI=1S/C53H30N4O2.C3H8/c1-2-14-33(15-3-1)51-54-52(34-24-27-38-37-18-8-9-23-44(37)58-46(38)30-34)56-53(55-51)57-43-28-25-31-12-4-6-16-35(31)47(43)41-21-10-19-39(49(41)57)40-20-11-22-42-48-36-17-7-5-13-32(36)26-29-45(48)59-50(40)42;1-3-2/h1-30H;3H2,1-2H3. The highest BCUT2D eigenvalue weighted by Gasteiger charge is 2.24. The van der Waals surface area contributed by atoms with Gasteiger partial charge in [0.25, 0.3) is 0 Å². The molecule has 6 heteroatoms. The Bertz CT molecular complexity index is 3880. The molecule has 13 aromatic rings. The zero-order valence-electron chi connectivity index (χ0n) is 34.1. The largest absolute Gasteiger partial charge is 0.456 e. The molecule has 0 saturated heterocycles. The number of benzene rings is 9. The minimum atomic E-state index is 0.518. The fourth-order valence-corrected chi connectivity index (χ4v) is 9.22. The van der Waals surface area contributed by atoms with Crippen LogP contribution in [0.4, 0.5) is 0 Å². The number of furan rings is 2. The van der Waals surface area contributed by atoms with Gasteiger partial charge in [-0.15, -0.1) is 0 Å². The van der Waals surface area contributed by atoms with E-state index in [0.717, 1.165) is 98.7 Å². The highest BCUT2D eigenvalue weighted by molar-refractivity contribution is 6.25. The predicted molar refractivity (Wildman–Crippen MR) is 256 cm³/mol. The van der Waals surface area contributed by atoms with Crippen molar-refractivity contribution in [3.8, 4) is 39.9 Å². The van der Waals surface area contributed by atoms with Gasteiger partial charge in [0, 0.05) is 54.6 Å². The van der Waals surface area contributed by atoms with E-state index in [1.54, 1.807) is 0 Å². The third-order valence-corrected chi connectivity index (χ3v) is 11.8. The van der Waals surface area contributed by atoms with E-state index in [2.05, 4.69) is 146 Å². The number of nitrogens with zero attached hydrogens (tertiary/aromatic N) is 4. The Morgan fingerprint density at radius 3 is 1.82 bits per heavy atom. The van der Waals surface area contributed by atoms with E-state index in [0.29, 0.717) is 17.6 Å². The Hall–Kier alpha value is -8.09. The molecule has 4 heterocycles. The molecule has 0 aliphatic heterocycles. The molecule has 0 aliphatic rings. The number of hydrogen-bond donors (Lipinski definition) is 0. The summed E-state index contributed by atoms with van der Waals surface area (Å²) in [7, 11) is 0. The van der Waals surface area contributed by atoms with Crippen LogP contribution in [0, 0.1) is 0 Å². The minimum Gasteiger partial charge on any atom is -0.456 e. The molecule has 0 unspecified atom stereocenters. The zero-order chi connectivity index (χ0) is 41.3. The third kappa shape index (κ3) is 5.53. The number of rotatable bonds is 4. The molecule has 0 N–H and O–H groups in total. The Morgan fingerprint density at radius 2 is 1.03 bits per heavy atom. The van der Waals surface area contributed by atoms with E-state index in [4.69, 9.17) is 23.8 Å². The van der Waals surface area contributed by atoms with Crippen LogP contribution in [0.3, 0.4) is 0 Å². The molecule has 0 atom stereocenters. The van der Waals surface area contributed by atoms with Gasteiger partial charge in [0.1, 0.15) is 22.3 Å². The summed E-state index contributed by atoms with van der Waals surface area (Å²) in [6.45, 7) is 4.25. The monoisotopic (exact) mass is 798 g/mol. The summed E-state index contributed by atoms with van der Waals surface area (Å²) in [5, 5.41) is 11.2.